The maximum Gasteiger partial charge on any atom is 0.0724 e. The van der Waals surface area contributed by atoms with Crippen molar-refractivity contribution >= 4 is 0 Å². The zero-order chi connectivity index (χ0) is 13.7. The van der Waals surface area contributed by atoms with Gasteiger partial charge in [-0.25, -0.2) is 0 Å². The van der Waals surface area contributed by atoms with E-state index in [9.17, 15) is 0 Å². The van der Waals surface area contributed by atoms with Crippen molar-refractivity contribution < 1.29 is 0 Å². The Balaban J connectivity index is 1.93. The van der Waals surface area contributed by atoms with Gasteiger partial charge in [-0.1, -0.05) is 31.2 Å². The monoisotopic (exact) mass is 255 g/mol. The van der Waals surface area contributed by atoms with Crippen molar-refractivity contribution in [2.75, 3.05) is 0 Å². The first-order valence-electron chi connectivity index (χ1n) is 6.78. The first-order valence-corrected chi connectivity index (χ1v) is 6.78. The van der Waals surface area contributed by atoms with E-state index in [2.05, 4.69) is 53.4 Å². The van der Waals surface area contributed by atoms with E-state index in [1.807, 2.05) is 13.1 Å². The molecule has 3 heteroatoms. The van der Waals surface area contributed by atoms with Gasteiger partial charge in [0, 0.05) is 25.0 Å². The molecule has 1 aromatic heterocycles. The van der Waals surface area contributed by atoms with E-state index in [1.165, 1.54) is 11.1 Å². The van der Waals surface area contributed by atoms with Crippen molar-refractivity contribution in [2.45, 2.75) is 39.8 Å². The van der Waals surface area contributed by atoms with Gasteiger partial charge in [-0.3, -0.25) is 9.97 Å². The Bertz CT molecular complexity index is 503. The van der Waals surface area contributed by atoms with Gasteiger partial charge in [-0.15, -0.1) is 0 Å². The fourth-order valence-corrected chi connectivity index (χ4v) is 1.93. The van der Waals surface area contributed by atoms with Crippen LogP contribution in [0.4, 0.5) is 0 Å². The van der Waals surface area contributed by atoms with Crippen LogP contribution in [0.5, 0.6) is 0 Å². The summed E-state index contributed by atoms with van der Waals surface area (Å²) in [5, 5.41) is 3.47. The fraction of sp³-hybridized carbons (Fsp3) is 0.375. The van der Waals surface area contributed by atoms with Crippen LogP contribution in [0.2, 0.25) is 0 Å². The first-order chi connectivity index (χ1) is 9.19. The standard InChI is InChI=1S/C16H21N3/c1-4-14-5-7-15(8-6-14)13(3)18-11-16-10-17-12(2)9-19-16/h5-10,13,18H,4,11H2,1-3H3. The van der Waals surface area contributed by atoms with Gasteiger partial charge < -0.3 is 5.32 Å². The van der Waals surface area contributed by atoms with Crippen LogP contribution >= 0.6 is 0 Å². The minimum Gasteiger partial charge on any atom is -0.305 e. The molecular weight excluding hydrogens is 234 g/mol. The molecule has 19 heavy (non-hydrogen) atoms. The average molecular weight is 255 g/mol. The molecule has 0 saturated carbocycles. The fourth-order valence-electron chi connectivity index (χ4n) is 1.93. The Morgan fingerprint density at radius 2 is 1.84 bits per heavy atom. The first kappa shape index (κ1) is 13.7. The van der Waals surface area contributed by atoms with Crippen molar-refractivity contribution in [3.63, 3.8) is 0 Å². The zero-order valence-electron chi connectivity index (χ0n) is 11.9. The van der Waals surface area contributed by atoms with Gasteiger partial charge >= 0.3 is 0 Å². The Kier molecular flexibility index (Phi) is 4.63. The van der Waals surface area contributed by atoms with Crippen molar-refractivity contribution in [2.24, 2.45) is 0 Å². The Labute approximate surface area is 115 Å². The van der Waals surface area contributed by atoms with Crippen LogP contribution in [0.15, 0.2) is 36.7 Å². The van der Waals surface area contributed by atoms with E-state index in [-0.39, 0.29) is 0 Å². The highest BCUT2D eigenvalue weighted by Gasteiger charge is 2.05. The normalized spacial score (nSPS) is 12.4. The third-order valence-corrected chi connectivity index (χ3v) is 3.31. The lowest BCUT2D eigenvalue weighted by Crippen LogP contribution is -2.18. The summed E-state index contributed by atoms with van der Waals surface area (Å²) in [6, 6.07) is 9.08. The Morgan fingerprint density at radius 3 is 2.42 bits per heavy atom. The highest BCUT2D eigenvalue weighted by atomic mass is 14.9. The van der Waals surface area contributed by atoms with Crippen LogP contribution < -0.4 is 5.32 Å². The third kappa shape index (κ3) is 3.86. The zero-order valence-corrected chi connectivity index (χ0v) is 11.9. The summed E-state index contributed by atoms with van der Waals surface area (Å²) in [6.07, 6.45) is 4.72. The lowest BCUT2D eigenvalue weighted by Gasteiger charge is -2.14. The molecule has 0 fully saturated rings. The summed E-state index contributed by atoms with van der Waals surface area (Å²) >= 11 is 0. The van der Waals surface area contributed by atoms with E-state index in [4.69, 9.17) is 0 Å². The minimum absolute atomic E-state index is 0.314. The Morgan fingerprint density at radius 1 is 1.11 bits per heavy atom. The number of nitrogens with zero attached hydrogens (tertiary/aromatic N) is 2. The van der Waals surface area contributed by atoms with E-state index in [0.717, 1.165) is 24.4 Å². The van der Waals surface area contributed by atoms with Crippen molar-refractivity contribution in [3.05, 3.63) is 59.2 Å². The summed E-state index contributed by atoms with van der Waals surface area (Å²) < 4.78 is 0. The summed E-state index contributed by atoms with van der Waals surface area (Å²) in [4.78, 5) is 8.60. The topological polar surface area (TPSA) is 37.8 Å². The molecule has 0 amide bonds. The second-order valence-electron chi connectivity index (χ2n) is 4.85. The molecule has 1 unspecified atom stereocenters. The van der Waals surface area contributed by atoms with Crippen molar-refractivity contribution in [1.82, 2.24) is 15.3 Å². The van der Waals surface area contributed by atoms with Crippen LogP contribution in [0.25, 0.3) is 0 Å². The van der Waals surface area contributed by atoms with Crippen LogP contribution in [-0.2, 0) is 13.0 Å². The molecule has 1 N–H and O–H groups in total. The molecule has 0 saturated heterocycles. The lowest BCUT2D eigenvalue weighted by atomic mass is 10.1. The largest absolute Gasteiger partial charge is 0.305 e. The summed E-state index contributed by atoms with van der Waals surface area (Å²) in [7, 11) is 0. The van der Waals surface area contributed by atoms with Gasteiger partial charge in [0.25, 0.3) is 0 Å². The van der Waals surface area contributed by atoms with Gasteiger partial charge in [-0.05, 0) is 31.4 Å². The van der Waals surface area contributed by atoms with Gasteiger partial charge in [0.15, 0.2) is 0 Å². The van der Waals surface area contributed by atoms with Gasteiger partial charge in [0.05, 0.1) is 11.4 Å². The lowest BCUT2D eigenvalue weighted by molar-refractivity contribution is 0.566. The number of nitrogens with one attached hydrogen (secondary N) is 1. The molecule has 2 rings (SSSR count). The molecule has 0 radical (unpaired) electrons. The molecule has 1 aromatic carbocycles. The number of hydrogen-bond donors (Lipinski definition) is 1. The van der Waals surface area contributed by atoms with Crippen molar-refractivity contribution in [1.29, 1.82) is 0 Å². The van der Waals surface area contributed by atoms with E-state index < -0.39 is 0 Å². The maximum absolute atomic E-state index is 4.35. The van der Waals surface area contributed by atoms with E-state index >= 15 is 0 Å². The molecule has 0 aliphatic carbocycles. The third-order valence-electron chi connectivity index (χ3n) is 3.31. The van der Waals surface area contributed by atoms with Crippen LogP contribution in [0.3, 0.4) is 0 Å². The molecule has 1 atom stereocenters. The molecule has 100 valence electrons. The maximum atomic E-state index is 4.35. The second-order valence-corrected chi connectivity index (χ2v) is 4.85. The smallest absolute Gasteiger partial charge is 0.0724 e. The molecule has 1 heterocycles. The predicted molar refractivity (Wildman–Crippen MR) is 77.8 cm³/mol. The van der Waals surface area contributed by atoms with Gasteiger partial charge in [0.2, 0.25) is 0 Å². The number of rotatable bonds is 5. The average Bonchev–Trinajstić information content (AvgIpc) is 2.46. The van der Waals surface area contributed by atoms with Crippen LogP contribution in [-0.4, -0.2) is 9.97 Å². The summed E-state index contributed by atoms with van der Waals surface area (Å²) in [6.45, 7) is 7.03. The second kappa shape index (κ2) is 6.43. The summed E-state index contributed by atoms with van der Waals surface area (Å²) in [5.74, 6) is 0. The Hall–Kier alpha value is -1.74. The molecular formula is C16H21N3. The quantitative estimate of drug-likeness (QED) is 0.891. The minimum atomic E-state index is 0.314. The summed E-state index contributed by atoms with van der Waals surface area (Å²) in [5.41, 5.74) is 4.60. The number of benzene rings is 1. The molecule has 0 aliphatic rings. The highest BCUT2D eigenvalue weighted by molar-refractivity contribution is 5.24. The SMILES string of the molecule is CCc1ccc(C(C)NCc2cnc(C)cn2)cc1. The highest BCUT2D eigenvalue weighted by Crippen LogP contribution is 2.14. The predicted octanol–water partition coefficient (Wildman–Crippen LogP) is 3.20. The molecule has 3 nitrogen and oxygen atoms in total. The number of hydrogen-bond acceptors (Lipinski definition) is 3. The van der Waals surface area contributed by atoms with Crippen LogP contribution in [0, 0.1) is 6.92 Å². The van der Waals surface area contributed by atoms with E-state index in [0.29, 0.717) is 6.04 Å². The van der Waals surface area contributed by atoms with E-state index in [1.54, 1.807) is 6.20 Å². The van der Waals surface area contributed by atoms with Gasteiger partial charge in [0.1, 0.15) is 0 Å². The molecule has 0 bridgehead atoms. The molecule has 0 spiro atoms. The number of aromatic nitrogens is 2. The van der Waals surface area contributed by atoms with Crippen LogP contribution in [0.1, 0.15) is 42.4 Å². The van der Waals surface area contributed by atoms with Crippen molar-refractivity contribution in [3.8, 4) is 0 Å². The number of aryl methyl sites for hydroxylation is 2. The molecule has 0 aliphatic heterocycles. The van der Waals surface area contributed by atoms with Gasteiger partial charge in [-0.2, -0.15) is 0 Å². The molecule has 2 aromatic rings.